The Bertz CT molecular complexity index is 686. The first-order chi connectivity index (χ1) is 12.4. The number of benzene rings is 1. The molecule has 0 N–H and O–H groups in total. The van der Waals surface area contributed by atoms with Crippen molar-refractivity contribution in [3.63, 3.8) is 0 Å². The zero-order valence-electron chi connectivity index (χ0n) is 14.9. The summed E-state index contributed by atoms with van der Waals surface area (Å²) in [7, 11) is 0. The van der Waals surface area contributed by atoms with Gasteiger partial charge in [-0.25, -0.2) is 0 Å². The number of alkyl halides is 3. The molecule has 26 heavy (non-hydrogen) atoms. The van der Waals surface area contributed by atoms with Gasteiger partial charge in [0.2, 0.25) is 5.91 Å². The van der Waals surface area contributed by atoms with Crippen molar-refractivity contribution in [3.05, 3.63) is 35.4 Å². The Labute approximate surface area is 152 Å². The summed E-state index contributed by atoms with van der Waals surface area (Å²) in [4.78, 5) is 17.1. The number of carbonyl (C=O) groups is 1. The summed E-state index contributed by atoms with van der Waals surface area (Å²) in [6, 6.07) is 5.78. The Morgan fingerprint density at radius 2 is 1.88 bits per heavy atom. The number of hydrogen-bond acceptors (Lipinski definition) is 2. The second-order valence-electron chi connectivity index (χ2n) is 8.19. The van der Waals surface area contributed by atoms with Gasteiger partial charge in [0.15, 0.2) is 0 Å². The largest absolute Gasteiger partial charge is 0.416 e. The van der Waals surface area contributed by atoms with E-state index in [1.54, 1.807) is 12.1 Å². The highest BCUT2D eigenvalue weighted by molar-refractivity contribution is 5.84. The fourth-order valence-corrected chi connectivity index (χ4v) is 4.59. The molecule has 0 unspecified atom stereocenters. The lowest BCUT2D eigenvalue weighted by molar-refractivity contribution is -0.146. The van der Waals surface area contributed by atoms with Crippen molar-refractivity contribution < 1.29 is 18.0 Å². The molecule has 0 aromatic heterocycles. The Kier molecular flexibility index (Phi) is 4.49. The van der Waals surface area contributed by atoms with Crippen LogP contribution in [0.5, 0.6) is 0 Å². The lowest BCUT2D eigenvalue weighted by atomic mass is 9.78. The van der Waals surface area contributed by atoms with Crippen molar-refractivity contribution >= 4 is 5.91 Å². The van der Waals surface area contributed by atoms with Crippen molar-refractivity contribution in [2.45, 2.75) is 44.8 Å². The van der Waals surface area contributed by atoms with Gasteiger partial charge in [0.25, 0.3) is 0 Å². The Morgan fingerprint density at radius 1 is 1.12 bits per heavy atom. The maximum atomic E-state index is 13.2. The molecule has 6 heteroatoms. The number of amides is 1. The van der Waals surface area contributed by atoms with Crippen molar-refractivity contribution in [1.82, 2.24) is 9.80 Å². The summed E-state index contributed by atoms with van der Waals surface area (Å²) in [5, 5.41) is 0. The SMILES string of the molecule is O=C1N(CC2CC2)CCC[C@]12CCN(Cc1ccccc1C(F)(F)F)C2. The summed E-state index contributed by atoms with van der Waals surface area (Å²) < 4.78 is 39.7. The number of nitrogens with zero attached hydrogens (tertiary/aromatic N) is 2. The highest BCUT2D eigenvalue weighted by atomic mass is 19.4. The molecule has 2 aliphatic heterocycles. The molecule has 1 spiro atoms. The van der Waals surface area contributed by atoms with Gasteiger partial charge in [-0.1, -0.05) is 18.2 Å². The molecule has 1 aromatic carbocycles. The van der Waals surface area contributed by atoms with Crippen LogP contribution in [0.2, 0.25) is 0 Å². The average molecular weight is 366 g/mol. The van der Waals surface area contributed by atoms with Crippen LogP contribution in [-0.4, -0.2) is 41.9 Å². The van der Waals surface area contributed by atoms with Gasteiger partial charge in [-0.15, -0.1) is 0 Å². The van der Waals surface area contributed by atoms with Crippen LogP contribution in [0.25, 0.3) is 0 Å². The normalized spacial score (nSPS) is 27.5. The van der Waals surface area contributed by atoms with Gasteiger partial charge in [0, 0.05) is 26.2 Å². The molecule has 3 fully saturated rings. The zero-order valence-corrected chi connectivity index (χ0v) is 14.9. The summed E-state index contributed by atoms with van der Waals surface area (Å²) in [5.74, 6) is 0.910. The van der Waals surface area contributed by atoms with E-state index in [-0.39, 0.29) is 17.9 Å². The fourth-order valence-electron chi connectivity index (χ4n) is 4.59. The van der Waals surface area contributed by atoms with Crippen molar-refractivity contribution in [1.29, 1.82) is 0 Å². The zero-order chi connectivity index (χ0) is 18.4. The third kappa shape index (κ3) is 3.48. The van der Waals surface area contributed by atoms with Crippen LogP contribution >= 0.6 is 0 Å². The first kappa shape index (κ1) is 17.8. The Hall–Kier alpha value is -1.56. The standard InChI is InChI=1S/C20H25F3N2O/c21-20(22,23)17-5-2-1-4-16(17)13-24-11-9-19(14-24)8-3-10-25(18(19)26)12-15-6-7-15/h1-2,4-5,15H,3,6-14H2/t19-/m1/s1. The first-order valence-corrected chi connectivity index (χ1v) is 9.54. The van der Waals surface area contributed by atoms with Gasteiger partial charge in [-0.2, -0.15) is 13.2 Å². The van der Waals surface area contributed by atoms with E-state index in [0.29, 0.717) is 24.6 Å². The van der Waals surface area contributed by atoms with Crippen molar-refractivity contribution in [2.75, 3.05) is 26.2 Å². The minimum Gasteiger partial charge on any atom is -0.342 e. The van der Waals surface area contributed by atoms with Gasteiger partial charge in [-0.05, 0) is 56.2 Å². The molecule has 1 amide bonds. The van der Waals surface area contributed by atoms with Gasteiger partial charge in [0.1, 0.15) is 0 Å². The molecule has 0 bridgehead atoms. The summed E-state index contributed by atoms with van der Waals surface area (Å²) in [6.45, 7) is 3.24. The topological polar surface area (TPSA) is 23.6 Å². The maximum absolute atomic E-state index is 13.2. The molecule has 1 aliphatic carbocycles. The molecule has 2 saturated heterocycles. The highest BCUT2D eigenvalue weighted by Gasteiger charge is 2.49. The van der Waals surface area contributed by atoms with E-state index in [1.165, 1.54) is 18.9 Å². The summed E-state index contributed by atoms with van der Waals surface area (Å²) in [5.41, 5.74) is -0.637. The van der Waals surface area contributed by atoms with E-state index in [4.69, 9.17) is 0 Å². The van der Waals surface area contributed by atoms with Gasteiger partial charge >= 0.3 is 6.18 Å². The highest BCUT2D eigenvalue weighted by Crippen LogP contribution is 2.42. The first-order valence-electron chi connectivity index (χ1n) is 9.54. The lowest BCUT2D eigenvalue weighted by Gasteiger charge is -2.39. The van der Waals surface area contributed by atoms with Gasteiger partial charge < -0.3 is 4.90 Å². The second-order valence-corrected chi connectivity index (χ2v) is 8.19. The summed E-state index contributed by atoms with van der Waals surface area (Å²) >= 11 is 0. The average Bonchev–Trinajstić information content (AvgIpc) is 3.32. The Balaban J connectivity index is 1.46. The van der Waals surface area contributed by atoms with Gasteiger partial charge in [-0.3, -0.25) is 9.69 Å². The van der Waals surface area contributed by atoms with Crippen molar-refractivity contribution in [3.8, 4) is 0 Å². The fraction of sp³-hybridized carbons (Fsp3) is 0.650. The van der Waals surface area contributed by atoms with Crippen LogP contribution in [0, 0.1) is 11.3 Å². The number of hydrogen-bond donors (Lipinski definition) is 0. The van der Waals surface area contributed by atoms with Crippen molar-refractivity contribution in [2.24, 2.45) is 11.3 Å². The van der Waals surface area contributed by atoms with Crippen LogP contribution in [-0.2, 0) is 17.5 Å². The maximum Gasteiger partial charge on any atom is 0.416 e. The molecule has 3 aliphatic rings. The van der Waals surface area contributed by atoms with E-state index in [2.05, 4.69) is 0 Å². The number of halogens is 3. The lowest BCUT2D eigenvalue weighted by Crippen LogP contribution is -2.50. The van der Waals surface area contributed by atoms with E-state index >= 15 is 0 Å². The molecule has 1 aromatic rings. The second kappa shape index (κ2) is 6.55. The number of piperidine rings is 1. The molecule has 1 atom stereocenters. The monoisotopic (exact) mass is 366 g/mol. The minimum atomic E-state index is -4.34. The van der Waals surface area contributed by atoms with Gasteiger partial charge in [0.05, 0.1) is 11.0 Å². The van der Waals surface area contributed by atoms with Crippen LogP contribution in [0.4, 0.5) is 13.2 Å². The van der Waals surface area contributed by atoms with Crippen LogP contribution < -0.4 is 0 Å². The number of carbonyl (C=O) groups excluding carboxylic acids is 1. The molecular weight excluding hydrogens is 341 g/mol. The molecule has 1 saturated carbocycles. The van der Waals surface area contributed by atoms with Crippen LogP contribution in [0.1, 0.15) is 43.2 Å². The molecule has 2 heterocycles. The molecular formula is C20H25F3N2O. The van der Waals surface area contributed by atoms with E-state index in [0.717, 1.165) is 38.4 Å². The quantitative estimate of drug-likeness (QED) is 0.806. The van der Waals surface area contributed by atoms with E-state index < -0.39 is 11.7 Å². The molecule has 4 rings (SSSR count). The van der Waals surface area contributed by atoms with E-state index in [9.17, 15) is 18.0 Å². The number of likely N-dealkylation sites (tertiary alicyclic amines) is 2. The van der Waals surface area contributed by atoms with Crippen LogP contribution in [0.3, 0.4) is 0 Å². The smallest absolute Gasteiger partial charge is 0.342 e. The Morgan fingerprint density at radius 3 is 2.62 bits per heavy atom. The third-order valence-electron chi connectivity index (χ3n) is 6.15. The predicted octanol–water partition coefficient (Wildman–Crippen LogP) is 3.93. The van der Waals surface area contributed by atoms with E-state index in [1.807, 2.05) is 9.80 Å². The van der Waals surface area contributed by atoms with Crippen LogP contribution in [0.15, 0.2) is 24.3 Å². The molecule has 142 valence electrons. The third-order valence-corrected chi connectivity index (χ3v) is 6.15. The molecule has 0 radical (unpaired) electrons. The minimum absolute atomic E-state index is 0.238. The molecule has 3 nitrogen and oxygen atoms in total. The summed E-state index contributed by atoms with van der Waals surface area (Å²) in [6.07, 6.45) is 0.737. The number of rotatable bonds is 4. The predicted molar refractivity (Wildman–Crippen MR) is 92.3 cm³/mol.